The topological polar surface area (TPSA) is 25.2 Å². The molecule has 1 aliphatic rings. The lowest BCUT2D eigenvalue weighted by atomic mass is 10.1. The quantitative estimate of drug-likeness (QED) is 0.700. The third-order valence-corrected chi connectivity index (χ3v) is 5.12. The molecule has 1 aliphatic heterocycles. The predicted octanol–water partition coefficient (Wildman–Crippen LogP) is 4.36. The van der Waals surface area contributed by atoms with Crippen LogP contribution in [0.4, 0.5) is 5.69 Å². The Morgan fingerprint density at radius 3 is 2.52 bits per heavy atom. The maximum absolute atomic E-state index is 13.2. The Morgan fingerprint density at radius 2 is 1.72 bits per heavy atom. The van der Waals surface area contributed by atoms with E-state index >= 15 is 0 Å². The van der Waals surface area contributed by atoms with Crippen molar-refractivity contribution in [3.05, 3.63) is 88.7 Å². The fourth-order valence-electron chi connectivity index (χ4n) is 3.72. The van der Waals surface area contributed by atoms with Gasteiger partial charge in [-0.25, -0.2) is 0 Å². The van der Waals surface area contributed by atoms with Crippen molar-refractivity contribution >= 4 is 11.6 Å². The van der Waals surface area contributed by atoms with E-state index < -0.39 is 0 Å². The molecule has 0 bridgehead atoms. The maximum atomic E-state index is 13.2. The highest BCUT2D eigenvalue weighted by atomic mass is 16.2. The van der Waals surface area contributed by atoms with Crippen LogP contribution in [0, 0.1) is 13.8 Å². The minimum atomic E-state index is 0.109. The van der Waals surface area contributed by atoms with Crippen LogP contribution in [0.1, 0.15) is 32.9 Å². The number of carbonyl (C=O) groups is 1. The number of rotatable bonds is 3. The molecule has 2 aromatic carbocycles. The van der Waals surface area contributed by atoms with Gasteiger partial charge in [-0.3, -0.25) is 4.79 Å². The lowest BCUT2D eigenvalue weighted by Gasteiger charge is -2.17. The highest BCUT2D eigenvalue weighted by Gasteiger charge is 2.27. The smallest absolute Gasteiger partial charge is 0.260 e. The highest BCUT2D eigenvalue weighted by Crippen LogP contribution is 2.30. The molecule has 0 radical (unpaired) electrons. The molecule has 25 heavy (non-hydrogen) atoms. The molecule has 0 N–H and O–H groups in total. The number of para-hydroxylation sites is 1. The van der Waals surface area contributed by atoms with Crippen molar-refractivity contribution in [3.8, 4) is 0 Å². The Hall–Kier alpha value is -2.81. The zero-order chi connectivity index (χ0) is 17.4. The Morgan fingerprint density at radius 1 is 1.00 bits per heavy atom. The number of fused-ring (bicyclic) bond motifs is 1. The molecule has 0 aliphatic carbocycles. The normalized spacial score (nSPS) is 13.1. The van der Waals surface area contributed by atoms with Crippen molar-refractivity contribution in [2.24, 2.45) is 0 Å². The summed E-state index contributed by atoms with van der Waals surface area (Å²) in [5.41, 5.74) is 6.53. The third-order valence-electron chi connectivity index (χ3n) is 5.12. The molecule has 1 aromatic heterocycles. The number of aryl methyl sites for hydroxylation is 1. The van der Waals surface area contributed by atoms with Crippen molar-refractivity contribution in [1.82, 2.24) is 4.57 Å². The summed E-state index contributed by atoms with van der Waals surface area (Å²) < 4.78 is 2.23. The zero-order valence-corrected chi connectivity index (χ0v) is 14.7. The minimum absolute atomic E-state index is 0.109. The number of amides is 1. The van der Waals surface area contributed by atoms with Gasteiger partial charge < -0.3 is 9.47 Å². The SMILES string of the molecule is Cc1cc(C(=O)N2CCc3ccccc32)c(C)n1Cc1ccccc1. The molecule has 0 saturated heterocycles. The van der Waals surface area contributed by atoms with E-state index in [9.17, 15) is 4.79 Å². The lowest BCUT2D eigenvalue weighted by Crippen LogP contribution is -2.29. The third kappa shape index (κ3) is 2.76. The molecule has 0 unspecified atom stereocenters. The molecule has 4 rings (SSSR count). The lowest BCUT2D eigenvalue weighted by molar-refractivity contribution is 0.0988. The van der Waals surface area contributed by atoms with Crippen molar-refractivity contribution in [1.29, 1.82) is 0 Å². The first-order chi connectivity index (χ1) is 12.1. The van der Waals surface area contributed by atoms with Crippen molar-refractivity contribution < 1.29 is 4.79 Å². The predicted molar refractivity (Wildman–Crippen MR) is 101 cm³/mol. The fourth-order valence-corrected chi connectivity index (χ4v) is 3.72. The van der Waals surface area contributed by atoms with Crippen LogP contribution in [0.25, 0.3) is 0 Å². The number of hydrogen-bond donors (Lipinski definition) is 0. The fraction of sp³-hybridized carbons (Fsp3) is 0.227. The van der Waals surface area contributed by atoms with E-state index in [4.69, 9.17) is 0 Å². The van der Waals surface area contributed by atoms with Crippen LogP contribution in [0.2, 0.25) is 0 Å². The second kappa shape index (κ2) is 6.25. The molecular formula is C22H22N2O. The summed E-state index contributed by atoms with van der Waals surface area (Å²) in [4.78, 5) is 15.1. The molecule has 0 spiro atoms. The number of benzene rings is 2. The Balaban J connectivity index is 1.66. The van der Waals surface area contributed by atoms with E-state index in [1.807, 2.05) is 42.2 Å². The average Bonchev–Trinajstić information content (AvgIpc) is 3.18. The second-order valence-electron chi connectivity index (χ2n) is 6.69. The first-order valence-electron chi connectivity index (χ1n) is 8.75. The molecule has 1 amide bonds. The van der Waals surface area contributed by atoms with Gasteiger partial charge in [0.2, 0.25) is 0 Å². The van der Waals surface area contributed by atoms with Crippen LogP contribution >= 0.6 is 0 Å². The summed E-state index contributed by atoms with van der Waals surface area (Å²) >= 11 is 0. The maximum Gasteiger partial charge on any atom is 0.260 e. The van der Waals surface area contributed by atoms with Crippen molar-refractivity contribution in [2.45, 2.75) is 26.8 Å². The molecule has 3 aromatic rings. The van der Waals surface area contributed by atoms with Gasteiger partial charge in [-0.05, 0) is 43.5 Å². The van der Waals surface area contributed by atoms with Gasteiger partial charge >= 0.3 is 0 Å². The monoisotopic (exact) mass is 330 g/mol. The number of aromatic nitrogens is 1. The summed E-state index contributed by atoms with van der Waals surface area (Å²) in [5.74, 6) is 0.109. The molecule has 2 heterocycles. The Kier molecular flexibility index (Phi) is 3.92. The molecule has 0 atom stereocenters. The van der Waals surface area contributed by atoms with Gasteiger partial charge in [0.15, 0.2) is 0 Å². The molecular weight excluding hydrogens is 308 g/mol. The Labute approximate surface area is 148 Å². The first kappa shape index (κ1) is 15.7. The summed E-state index contributed by atoms with van der Waals surface area (Å²) in [6.07, 6.45) is 0.935. The van der Waals surface area contributed by atoms with E-state index in [1.54, 1.807) is 0 Å². The molecule has 3 nitrogen and oxygen atoms in total. The summed E-state index contributed by atoms with van der Waals surface area (Å²) in [6.45, 7) is 5.68. The largest absolute Gasteiger partial charge is 0.344 e. The van der Waals surface area contributed by atoms with Gasteiger partial charge in [-0.1, -0.05) is 48.5 Å². The van der Waals surface area contributed by atoms with E-state index in [2.05, 4.69) is 41.8 Å². The standard InChI is InChI=1S/C22H22N2O/c1-16-14-20(17(2)24(16)15-18-8-4-3-5-9-18)22(25)23-13-12-19-10-6-7-11-21(19)23/h3-11,14H,12-13,15H2,1-2H3. The van der Waals surface area contributed by atoms with Gasteiger partial charge in [0, 0.05) is 30.2 Å². The van der Waals surface area contributed by atoms with Crippen LogP contribution in [0.15, 0.2) is 60.7 Å². The van der Waals surface area contributed by atoms with Crippen molar-refractivity contribution in [3.63, 3.8) is 0 Å². The van der Waals surface area contributed by atoms with Crippen LogP contribution < -0.4 is 4.90 Å². The van der Waals surface area contributed by atoms with E-state index in [1.165, 1.54) is 11.1 Å². The van der Waals surface area contributed by atoms with Crippen molar-refractivity contribution in [2.75, 3.05) is 11.4 Å². The zero-order valence-electron chi connectivity index (χ0n) is 14.7. The van der Waals surface area contributed by atoms with Gasteiger partial charge in [-0.2, -0.15) is 0 Å². The second-order valence-corrected chi connectivity index (χ2v) is 6.69. The highest BCUT2D eigenvalue weighted by molar-refractivity contribution is 6.08. The van der Waals surface area contributed by atoms with Crippen LogP contribution in [0.5, 0.6) is 0 Å². The van der Waals surface area contributed by atoms with Gasteiger partial charge in [0.05, 0.1) is 5.56 Å². The Bertz CT molecular complexity index is 924. The van der Waals surface area contributed by atoms with Crippen LogP contribution in [-0.4, -0.2) is 17.0 Å². The van der Waals surface area contributed by atoms with E-state index in [0.29, 0.717) is 0 Å². The average molecular weight is 330 g/mol. The molecule has 126 valence electrons. The minimum Gasteiger partial charge on any atom is -0.344 e. The first-order valence-corrected chi connectivity index (χ1v) is 8.75. The molecule has 0 fully saturated rings. The number of anilines is 1. The van der Waals surface area contributed by atoms with Gasteiger partial charge in [0.25, 0.3) is 5.91 Å². The van der Waals surface area contributed by atoms with E-state index in [0.717, 1.165) is 42.1 Å². The summed E-state index contributed by atoms with van der Waals surface area (Å²) in [6, 6.07) is 20.6. The van der Waals surface area contributed by atoms with Gasteiger partial charge in [-0.15, -0.1) is 0 Å². The molecule has 0 saturated carbocycles. The van der Waals surface area contributed by atoms with Crippen LogP contribution in [0.3, 0.4) is 0 Å². The number of hydrogen-bond acceptors (Lipinski definition) is 1. The van der Waals surface area contributed by atoms with E-state index in [-0.39, 0.29) is 5.91 Å². The number of nitrogens with zero attached hydrogens (tertiary/aromatic N) is 2. The van der Waals surface area contributed by atoms with Crippen LogP contribution in [-0.2, 0) is 13.0 Å². The van der Waals surface area contributed by atoms with Gasteiger partial charge in [0.1, 0.15) is 0 Å². The summed E-state index contributed by atoms with van der Waals surface area (Å²) in [7, 11) is 0. The summed E-state index contributed by atoms with van der Waals surface area (Å²) in [5, 5.41) is 0. The number of carbonyl (C=O) groups excluding carboxylic acids is 1. The molecule has 3 heteroatoms.